The molecule has 0 aliphatic rings. The van der Waals surface area contributed by atoms with Crippen LogP contribution in [-0.4, -0.2) is 26.7 Å². The first-order valence-electron chi connectivity index (χ1n) is 5.99. The summed E-state index contributed by atoms with van der Waals surface area (Å²) in [5, 5.41) is 11.6. The fourth-order valence-corrected chi connectivity index (χ4v) is 2.03. The monoisotopic (exact) mass is 273 g/mol. The van der Waals surface area contributed by atoms with Crippen molar-refractivity contribution >= 4 is 28.6 Å². The van der Waals surface area contributed by atoms with E-state index in [2.05, 4.69) is 25.5 Å². The Labute approximate surface area is 115 Å². The van der Waals surface area contributed by atoms with Crippen LogP contribution in [0.25, 0.3) is 22.3 Å². The summed E-state index contributed by atoms with van der Waals surface area (Å²) in [4.78, 5) is 8.90. The number of hydrogen-bond donors (Lipinski definition) is 2. The molecule has 0 aliphatic carbocycles. The Morgan fingerprint density at radius 3 is 2.74 bits per heavy atom. The van der Waals surface area contributed by atoms with Gasteiger partial charge in [-0.05, 0) is 19.1 Å². The van der Waals surface area contributed by atoms with Crippen LogP contribution in [0.1, 0.15) is 6.92 Å². The lowest BCUT2D eigenvalue weighted by molar-refractivity contribution is 1.07. The number of halogens is 1. The lowest BCUT2D eigenvalue weighted by atomic mass is 10.1. The Kier molecular flexibility index (Phi) is 3.05. The number of aromatic amines is 1. The number of H-pyrrole nitrogens is 1. The molecule has 2 heterocycles. The molecule has 0 amide bonds. The van der Waals surface area contributed by atoms with Gasteiger partial charge in [0.1, 0.15) is 0 Å². The van der Waals surface area contributed by atoms with Crippen molar-refractivity contribution in [3.8, 4) is 11.3 Å². The average Bonchev–Trinajstić information content (AvgIpc) is 2.87. The first kappa shape index (κ1) is 11.9. The molecule has 1 aromatic carbocycles. The molecule has 0 aliphatic heterocycles. The van der Waals surface area contributed by atoms with E-state index in [1.807, 2.05) is 31.2 Å². The van der Waals surface area contributed by atoms with Crippen molar-refractivity contribution in [3.05, 3.63) is 35.5 Å². The second kappa shape index (κ2) is 4.85. The van der Waals surface area contributed by atoms with Gasteiger partial charge in [0.15, 0.2) is 5.65 Å². The Hall–Kier alpha value is -2.14. The Bertz CT molecular complexity index is 705. The summed E-state index contributed by atoms with van der Waals surface area (Å²) < 4.78 is 0. The van der Waals surface area contributed by atoms with Crippen molar-refractivity contribution in [2.45, 2.75) is 6.92 Å². The zero-order valence-corrected chi connectivity index (χ0v) is 11.1. The van der Waals surface area contributed by atoms with Gasteiger partial charge in [-0.2, -0.15) is 10.1 Å². The highest BCUT2D eigenvalue weighted by Gasteiger charge is 2.10. The third-order valence-corrected chi connectivity index (χ3v) is 3.01. The average molecular weight is 274 g/mol. The normalized spacial score (nSPS) is 10.8. The zero-order chi connectivity index (χ0) is 13.2. The standard InChI is InChI=1S/C13H12ClN5/c1-2-15-13-17-11(8-3-5-9(14)6-4-8)10-7-16-19-12(10)18-13/h3-7H,2H2,1H3,(H2,15,16,17,18,19). The molecule has 3 aromatic rings. The number of anilines is 1. The van der Waals surface area contributed by atoms with E-state index in [4.69, 9.17) is 11.6 Å². The molecule has 96 valence electrons. The number of fused-ring (bicyclic) bond motifs is 1. The molecule has 3 rings (SSSR count). The van der Waals surface area contributed by atoms with Gasteiger partial charge in [0.05, 0.1) is 17.3 Å². The predicted molar refractivity (Wildman–Crippen MR) is 76.3 cm³/mol. The van der Waals surface area contributed by atoms with Gasteiger partial charge in [0, 0.05) is 17.1 Å². The highest BCUT2D eigenvalue weighted by atomic mass is 35.5. The first-order chi connectivity index (χ1) is 9.28. The molecule has 6 heteroatoms. The molecule has 5 nitrogen and oxygen atoms in total. The second-order valence-corrected chi connectivity index (χ2v) is 4.50. The molecule has 0 saturated heterocycles. The smallest absolute Gasteiger partial charge is 0.225 e. The molecule has 0 spiro atoms. The van der Waals surface area contributed by atoms with Gasteiger partial charge >= 0.3 is 0 Å². The summed E-state index contributed by atoms with van der Waals surface area (Å²) in [5.74, 6) is 0.587. The van der Waals surface area contributed by atoms with Gasteiger partial charge in [-0.1, -0.05) is 23.7 Å². The first-order valence-corrected chi connectivity index (χ1v) is 6.36. The van der Waals surface area contributed by atoms with Crippen LogP contribution in [0, 0.1) is 0 Å². The summed E-state index contributed by atoms with van der Waals surface area (Å²) in [6.45, 7) is 2.77. The van der Waals surface area contributed by atoms with E-state index in [0.717, 1.165) is 28.8 Å². The van der Waals surface area contributed by atoms with Crippen molar-refractivity contribution in [2.75, 3.05) is 11.9 Å². The summed E-state index contributed by atoms with van der Waals surface area (Å²) in [5.41, 5.74) is 2.54. The summed E-state index contributed by atoms with van der Waals surface area (Å²) in [6.07, 6.45) is 1.73. The van der Waals surface area contributed by atoms with Crippen molar-refractivity contribution < 1.29 is 0 Å². The second-order valence-electron chi connectivity index (χ2n) is 4.07. The molecule has 0 fully saturated rings. The van der Waals surface area contributed by atoms with E-state index in [1.165, 1.54) is 0 Å². The van der Waals surface area contributed by atoms with Crippen LogP contribution < -0.4 is 5.32 Å². The third kappa shape index (κ3) is 2.24. The van der Waals surface area contributed by atoms with Crippen molar-refractivity contribution in [1.82, 2.24) is 20.2 Å². The minimum absolute atomic E-state index is 0.587. The van der Waals surface area contributed by atoms with Crippen LogP contribution in [-0.2, 0) is 0 Å². The Morgan fingerprint density at radius 1 is 1.21 bits per heavy atom. The van der Waals surface area contributed by atoms with E-state index in [0.29, 0.717) is 11.0 Å². The fraction of sp³-hybridized carbons (Fsp3) is 0.154. The Morgan fingerprint density at radius 2 is 2.00 bits per heavy atom. The summed E-state index contributed by atoms with van der Waals surface area (Å²) >= 11 is 5.91. The SMILES string of the molecule is CCNc1nc(-c2ccc(Cl)cc2)c2cn[nH]c2n1. The highest BCUT2D eigenvalue weighted by molar-refractivity contribution is 6.30. The van der Waals surface area contributed by atoms with Crippen LogP contribution in [0.3, 0.4) is 0 Å². The van der Waals surface area contributed by atoms with Crippen LogP contribution in [0.5, 0.6) is 0 Å². The molecule has 0 atom stereocenters. The van der Waals surface area contributed by atoms with Crippen LogP contribution >= 0.6 is 11.6 Å². The summed E-state index contributed by atoms with van der Waals surface area (Å²) in [6, 6.07) is 7.56. The minimum atomic E-state index is 0.587. The van der Waals surface area contributed by atoms with Gasteiger partial charge in [-0.15, -0.1) is 0 Å². The van der Waals surface area contributed by atoms with Crippen LogP contribution in [0.15, 0.2) is 30.5 Å². The molecule has 0 bridgehead atoms. The number of hydrogen-bond acceptors (Lipinski definition) is 4. The van der Waals surface area contributed by atoms with Gasteiger partial charge in [0.2, 0.25) is 5.95 Å². The van der Waals surface area contributed by atoms with Crippen molar-refractivity contribution in [3.63, 3.8) is 0 Å². The number of rotatable bonds is 3. The number of aromatic nitrogens is 4. The van der Waals surface area contributed by atoms with Crippen LogP contribution in [0.4, 0.5) is 5.95 Å². The van der Waals surface area contributed by atoms with E-state index < -0.39 is 0 Å². The minimum Gasteiger partial charge on any atom is -0.354 e. The van der Waals surface area contributed by atoms with E-state index in [1.54, 1.807) is 6.20 Å². The lowest BCUT2D eigenvalue weighted by Gasteiger charge is -2.06. The summed E-state index contributed by atoms with van der Waals surface area (Å²) in [7, 11) is 0. The van der Waals surface area contributed by atoms with Gasteiger partial charge in [-0.25, -0.2) is 4.98 Å². The maximum absolute atomic E-state index is 5.91. The third-order valence-electron chi connectivity index (χ3n) is 2.76. The maximum atomic E-state index is 5.91. The number of benzene rings is 1. The van der Waals surface area contributed by atoms with E-state index >= 15 is 0 Å². The van der Waals surface area contributed by atoms with Gasteiger partial charge < -0.3 is 5.32 Å². The maximum Gasteiger partial charge on any atom is 0.225 e. The van der Waals surface area contributed by atoms with Gasteiger partial charge in [-0.3, -0.25) is 5.10 Å². The number of nitrogens with zero attached hydrogens (tertiary/aromatic N) is 3. The fourth-order valence-electron chi connectivity index (χ4n) is 1.90. The molecule has 19 heavy (non-hydrogen) atoms. The van der Waals surface area contributed by atoms with E-state index in [-0.39, 0.29) is 0 Å². The Balaban J connectivity index is 2.20. The molecule has 0 radical (unpaired) electrons. The molecular formula is C13H12ClN5. The van der Waals surface area contributed by atoms with Crippen molar-refractivity contribution in [1.29, 1.82) is 0 Å². The van der Waals surface area contributed by atoms with Crippen molar-refractivity contribution in [2.24, 2.45) is 0 Å². The van der Waals surface area contributed by atoms with Crippen LogP contribution in [0.2, 0.25) is 5.02 Å². The highest BCUT2D eigenvalue weighted by Crippen LogP contribution is 2.27. The molecule has 0 saturated carbocycles. The zero-order valence-electron chi connectivity index (χ0n) is 10.3. The molecule has 0 unspecified atom stereocenters. The largest absolute Gasteiger partial charge is 0.354 e. The molecular weight excluding hydrogens is 262 g/mol. The van der Waals surface area contributed by atoms with Gasteiger partial charge in [0.25, 0.3) is 0 Å². The lowest BCUT2D eigenvalue weighted by Crippen LogP contribution is -2.03. The molecule has 2 aromatic heterocycles. The predicted octanol–water partition coefficient (Wildman–Crippen LogP) is 3.11. The topological polar surface area (TPSA) is 66.5 Å². The molecule has 2 N–H and O–H groups in total. The quantitative estimate of drug-likeness (QED) is 0.769. The van der Waals surface area contributed by atoms with E-state index in [9.17, 15) is 0 Å². The number of nitrogens with one attached hydrogen (secondary N) is 2.